The van der Waals surface area contributed by atoms with Gasteiger partial charge in [0, 0.05) is 47.7 Å². The molecule has 0 saturated carbocycles. The van der Waals surface area contributed by atoms with Crippen molar-refractivity contribution in [2.45, 2.75) is 26.1 Å². The van der Waals surface area contributed by atoms with Gasteiger partial charge in [-0.1, -0.05) is 24.3 Å². The molecule has 6 heteroatoms. The number of hydrogen-bond donors (Lipinski definition) is 0. The Morgan fingerprint density at radius 3 is 2.26 bits per heavy atom. The zero-order valence-corrected chi connectivity index (χ0v) is 19.5. The van der Waals surface area contributed by atoms with Crippen LogP contribution in [-0.2, 0) is 4.74 Å². The molecule has 1 saturated heterocycles. The molecule has 4 aromatic rings. The molecule has 0 spiro atoms. The van der Waals surface area contributed by atoms with Crippen LogP contribution >= 0.6 is 0 Å². The van der Waals surface area contributed by atoms with Gasteiger partial charge in [-0.25, -0.2) is 0 Å². The summed E-state index contributed by atoms with van der Waals surface area (Å²) in [6.45, 7) is 6.00. The number of anilines is 1. The van der Waals surface area contributed by atoms with E-state index in [1.54, 1.807) is 25.4 Å². The molecule has 3 heterocycles. The number of fused-ring (bicyclic) bond motifs is 1. The average Bonchev–Trinajstić information content (AvgIpc) is 2.87. The van der Waals surface area contributed by atoms with E-state index in [2.05, 4.69) is 54.1 Å². The number of hydrogen-bond acceptors (Lipinski definition) is 6. The van der Waals surface area contributed by atoms with Crippen molar-refractivity contribution in [1.29, 1.82) is 5.26 Å². The van der Waals surface area contributed by atoms with Crippen molar-refractivity contribution in [3.8, 4) is 34.2 Å². The highest BCUT2D eigenvalue weighted by molar-refractivity contribution is 5.98. The second kappa shape index (κ2) is 9.12. The van der Waals surface area contributed by atoms with Gasteiger partial charge in [-0.05, 0) is 49.7 Å². The summed E-state index contributed by atoms with van der Waals surface area (Å²) in [5, 5.41) is 9.99. The smallest absolute Gasteiger partial charge is 0.137 e. The lowest BCUT2D eigenvalue weighted by atomic mass is 10.0. The van der Waals surface area contributed by atoms with Gasteiger partial charge in [-0.2, -0.15) is 5.26 Å². The Morgan fingerprint density at radius 2 is 1.62 bits per heavy atom. The Hall–Kier alpha value is -3.95. The molecule has 1 aliphatic rings. The van der Waals surface area contributed by atoms with Gasteiger partial charge >= 0.3 is 0 Å². The predicted molar refractivity (Wildman–Crippen MR) is 134 cm³/mol. The number of aromatic nitrogens is 2. The first-order chi connectivity index (χ1) is 16.6. The highest BCUT2D eigenvalue weighted by atomic mass is 16.5. The number of pyridine rings is 2. The van der Waals surface area contributed by atoms with E-state index in [1.165, 1.54) is 5.69 Å². The molecule has 0 N–H and O–H groups in total. The normalized spacial score (nSPS) is 18.0. The third kappa shape index (κ3) is 4.07. The number of benzene rings is 2. The number of rotatable bonds is 4. The first kappa shape index (κ1) is 21.9. The van der Waals surface area contributed by atoms with E-state index in [0.717, 1.165) is 52.1 Å². The summed E-state index contributed by atoms with van der Waals surface area (Å²) in [7, 11) is 1.69. The molecule has 0 unspecified atom stereocenters. The lowest BCUT2D eigenvalue weighted by molar-refractivity contribution is -0.00521. The number of nitriles is 1. The zero-order chi connectivity index (χ0) is 23.7. The molecule has 1 aliphatic heterocycles. The van der Waals surface area contributed by atoms with Gasteiger partial charge in [0.05, 0.1) is 36.6 Å². The maximum absolute atomic E-state index is 9.09. The fourth-order valence-electron chi connectivity index (χ4n) is 4.68. The zero-order valence-electron chi connectivity index (χ0n) is 19.5. The van der Waals surface area contributed by atoms with E-state index < -0.39 is 0 Å². The molecular weight excluding hydrogens is 424 g/mol. The minimum atomic E-state index is 0.215. The third-order valence-corrected chi connectivity index (χ3v) is 6.19. The predicted octanol–water partition coefficient (Wildman–Crippen LogP) is 5.46. The van der Waals surface area contributed by atoms with Crippen molar-refractivity contribution in [3.63, 3.8) is 0 Å². The van der Waals surface area contributed by atoms with Gasteiger partial charge in [-0.3, -0.25) is 9.97 Å². The summed E-state index contributed by atoms with van der Waals surface area (Å²) in [5.74, 6) is 0.767. The molecule has 0 radical (unpaired) electrons. The average molecular weight is 451 g/mol. The van der Waals surface area contributed by atoms with Gasteiger partial charge in [0.15, 0.2) is 0 Å². The summed E-state index contributed by atoms with van der Waals surface area (Å²) >= 11 is 0. The lowest BCUT2D eigenvalue weighted by Gasteiger charge is -2.36. The van der Waals surface area contributed by atoms with Gasteiger partial charge in [0.25, 0.3) is 0 Å². The van der Waals surface area contributed by atoms with Crippen molar-refractivity contribution >= 4 is 16.6 Å². The van der Waals surface area contributed by atoms with E-state index in [-0.39, 0.29) is 12.2 Å². The van der Waals surface area contributed by atoms with Gasteiger partial charge in [-0.15, -0.1) is 0 Å². The fourth-order valence-corrected chi connectivity index (χ4v) is 4.68. The van der Waals surface area contributed by atoms with Crippen molar-refractivity contribution in [1.82, 2.24) is 9.97 Å². The maximum atomic E-state index is 9.09. The third-order valence-electron chi connectivity index (χ3n) is 6.19. The monoisotopic (exact) mass is 450 g/mol. The van der Waals surface area contributed by atoms with Crippen LogP contribution in [0.2, 0.25) is 0 Å². The molecule has 1 fully saturated rings. The van der Waals surface area contributed by atoms with Crippen LogP contribution in [0.3, 0.4) is 0 Å². The summed E-state index contributed by atoms with van der Waals surface area (Å²) in [6, 6.07) is 20.0. The summed E-state index contributed by atoms with van der Waals surface area (Å²) < 4.78 is 11.7. The van der Waals surface area contributed by atoms with E-state index >= 15 is 0 Å². The van der Waals surface area contributed by atoms with Crippen LogP contribution in [-0.4, -0.2) is 42.4 Å². The Balaban J connectivity index is 1.52. The topological polar surface area (TPSA) is 71.3 Å². The molecule has 0 aliphatic carbocycles. The molecule has 6 nitrogen and oxygen atoms in total. The summed E-state index contributed by atoms with van der Waals surface area (Å²) in [5.41, 5.74) is 6.21. The van der Waals surface area contributed by atoms with E-state index in [1.807, 2.05) is 24.4 Å². The van der Waals surface area contributed by atoms with E-state index in [9.17, 15) is 0 Å². The fraction of sp³-hybridized carbons (Fsp3) is 0.250. The van der Waals surface area contributed by atoms with Crippen LogP contribution in [0.4, 0.5) is 5.69 Å². The largest absolute Gasteiger partial charge is 0.495 e. The Kier molecular flexibility index (Phi) is 5.87. The molecule has 0 bridgehead atoms. The van der Waals surface area contributed by atoms with Gasteiger partial charge < -0.3 is 14.4 Å². The molecule has 2 atom stereocenters. The molecule has 2 aromatic carbocycles. The second-order valence-electron chi connectivity index (χ2n) is 8.66. The second-order valence-corrected chi connectivity index (χ2v) is 8.66. The number of morpholine rings is 1. The minimum Gasteiger partial charge on any atom is -0.495 e. The van der Waals surface area contributed by atoms with E-state index in [0.29, 0.717) is 5.56 Å². The number of nitrogens with zero attached hydrogens (tertiary/aromatic N) is 4. The number of methoxy groups -OCH3 is 1. The Bertz CT molecular complexity index is 1350. The molecule has 5 rings (SSSR count). The quantitative estimate of drug-likeness (QED) is 0.411. The molecule has 34 heavy (non-hydrogen) atoms. The van der Waals surface area contributed by atoms with Gasteiger partial charge in [0.2, 0.25) is 0 Å². The van der Waals surface area contributed by atoms with Gasteiger partial charge in [0.1, 0.15) is 11.3 Å². The number of ether oxygens (including phenoxy) is 2. The molecule has 170 valence electrons. The summed E-state index contributed by atoms with van der Waals surface area (Å²) in [4.78, 5) is 11.7. The van der Waals surface area contributed by atoms with Crippen LogP contribution in [0.5, 0.6) is 5.75 Å². The van der Waals surface area contributed by atoms with Crippen LogP contribution in [0.15, 0.2) is 67.0 Å². The van der Waals surface area contributed by atoms with Crippen LogP contribution in [0.25, 0.3) is 33.3 Å². The van der Waals surface area contributed by atoms with Crippen molar-refractivity contribution in [3.05, 3.63) is 72.6 Å². The Morgan fingerprint density at radius 1 is 0.941 bits per heavy atom. The summed E-state index contributed by atoms with van der Waals surface area (Å²) in [6.07, 6.45) is 4.05. The highest BCUT2D eigenvalue weighted by Gasteiger charge is 2.22. The first-order valence-corrected chi connectivity index (χ1v) is 11.4. The van der Waals surface area contributed by atoms with Crippen molar-refractivity contribution in [2.75, 3.05) is 25.1 Å². The molecule has 0 amide bonds. The van der Waals surface area contributed by atoms with Crippen LogP contribution in [0.1, 0.15) is 19.4 Å². The van der Waals surface area contributed by atoms with Crippen LogP contribution in [0, 0.1) is 11.3 Å². The van der Waals surface area contributed by atoms with Crippen LogP contribution < -0.4 is 9.64 Å². The molecular formula is C28H26N4O2. The highest BCUT2D eigenvalue weighted by Crippen LogP contribution is 2.38. The Labute approximate surface area is 199 Å². The maximum Gasteiger partial charge on any atom is 0.137 e. The minimum absolute atomic E-state index is 0.215. The van der Waals surface area contributed by atoms with Crippen molar-refractivity contribution < 1.29 is 9.47 Å². The standard InChI is InChI=1S/C28H26N4O2/c1-18-16-32(17-19(2)34-18)23-10-8-21(9-11-23)25-15-31-27-24(28(25)33-3)12-13-30-26(27)22-6-4-20(14-29)5-7-22/h4-13,15,18-19H,16-17H2,1-3H3/t18-,19+. The van der Waals surface area contributed by atoms with E-state index in [4.69, 9.17) is 19.7 Å². The van der Waals surface area contributed by atoms with Crippen molar-refractivity contribution in [2.24, 2.45) is 0 Å². The lowest BCUT2D eigenvalue weighted by Crippen LogP contribution is -2.45. The molecule has 2 aromatic heterocycles. The SMILES string of the molecule is COc1c(-c2ccc(N3C[C@@H](C)O[C@@H](C)C3)cc2)cnc2c(-c3ccc(C#N)cc3)nccc12. The first-order valence-electron chi connectivity index (χ1n) is 11.4.